The maximum Gasteiger partial charge on any atom is 0.328 e. The number of hydrogen-bond donors (Lipinski definition) is 8. The molecule has 0 aliphatic rings. The van der Waals surface area contributed by atoms with E-state index in [0.717, 1.165) is 0 Å². The van der Waals surface area contributed by atoms with Crippen molar-refractivity contribution in [1.29, 1.82) is 0 Å². The number of carboxylic acids is 2. The van der Waals surface area contributed by atoms with E-state index >= 15 is 0 Å². The molecule has 15 heteroatoms. The summed E-state index contributed by atoms with van der Waals surface area (Å²) in [6.45, 7) is 1.52. The van der Waals surface area contributed by atoms with Crippen molar-refractivity contribution >= 4 is 23.9 Å². The van der Waals surface area contributed by atoms with Gasteiger partial charge < -0.3 is 47.7 Å². The maximum absolute atomic E-state index is 12.1. The molecule has 2 amide bonds. The molecule has 0 aromatic carbocycles. The standard InChI is InChI=1S/C15H26N8O7/c1-6(24)10(13(27)28)21-15(29)20-8(5-9(25)26)12-22-11(23-30-12)7(16)3-2-4-19-14(17)18/h6-8,10,24H,2-5,16H2,1H3,(H,25,26)(H,27,28)(H4,17,18,19)(H2,20,21,29)/t6?,7-,8-,10-/m0/s1. The zero-order valence-electron chi connectivity index (χ0n) is 16.2. The number of nitrogens with two attached hydrogens (primary N) is 3. The first-order chi connectivity index (χ1) is 14.0. The molecule has 0 saturated carbocycles. The van der Waals surface area contributed by atoms with Crippen molar-refractivity contribution in [3.8, 4) is 0 Å². The van der Waals surface area contributed by atoms with Gasteiger partial charge in [0.05, 0.1) is 18.6 Å². The Morgan fingerprint density at radius 1 is 1.23 bits per heavy atom. The predicted octanol–water partition coefficient (Wildman–Crippen LogP) is -2.23. The highest BCUT2D eigenvalue weighted by atomic mass is 16.5. The fourth-order valence-corrected chi connectivity index (χ4v) is 2.29. The molecule has 15 nitrogen and oxygen atoms in total. The van der Waals surface area contributed by atoms with Gasteiger partial charge in [-0.25, -0.2) is 9.59 Å². The van der Waals surface area contributed by atoms with Gasteiger partial charge in [0.25, 0.3) is 0 Å². The normalized spacial score (nSPS) is 14.8. The summed E-state index contributed by atoms with van der Waals surface area (Å²) in [6.07, 6.45) is -1.08. The number of aliphatic hydroxyl groups excluding tert-OH is 1. The summed E-state index contributed by atoms with van der Waals surface area (Å²) in [4.78, 5) is 42.1. The Kier molecular flexibility index (Phi) is 9.44. The molecule has 1 heterocycles. The second kappa shape index (κ2) is 11.5. The number of aliphatic carboxylic acids is 2. The minimum atomic E-state index is -1.60. The molecule has 0 spiro atoms. The number of aliphatic imine (C=N–C) groups is 1. The second-order valence-electron chi connectivity index (χ2n) is 6.37. The number of nitrogens with one attached hydrogen (secondary N) is 2. The first kappa shape index (κ1) is 24.6. The van der Waals surface area contributed by atoms with Crippen molar-refractivity contribution in [3.05, 3.63) is 11.7 Å². The van der Waals surface area contributed by atoms with E-state index in [1.54, 1.807) is 0 Å². The van der Waals surface area contributed by atoms with E-state index in [2.05, 4.69) is 20.4 Å². The highest BCUT2D eigenvalue weighted by Crippen LogP contribution is 2.19. The van der Waals surface area contributed by atoms with Crippen molar-refractivity contribution in [2.75, 3.05) is 6.54 Å². The number of carbonyl (C=O) groups is 3. The van der Waals surface area contributed by atoms with E-state index in [-0.39, 0.29) is 17.7 Å². The molecule has 0 bridgehead atoms. The van der Waals surface area contributed by atoms with Crippen LogP contribution in [0.2, 0.25) is 0 Å². The molecule has 30 heavy (non-hydrogen) atoms. The van der Waals surface area contributed by atoms with Crippen LogP contribution < -0.4 is 27.8 Å². The van der Waals surface area contributed by atoms with E-state index in [1.165, 1.54) is 6.92 Å². The van der Waals surface area contributed by atoms with Gasteiger partial charge in [-0.3, -0.25) is 9.79 Å². The number of carboxylic acid groups (broad SMARTS) is 2. The summed E-state index contributed by atoms with van der Waals surface area (Å²) >= 11 is 0. The van der Waals surface area contributed by atoms with Gasteiger partial charge in [0.2, 0.25) is 5.89 Å². The van der Waals surface area contributed by atoms with Crippen LogP contribution in [0.3, 0.4) is 0 Å². The van der Waals surface area contributed by atoms with Gasteiger partial charge in [0.1, 0.15) is 6.04 Å². The van der Waals surface area contributed by atoms with Crippen LogP contribution >= 0.6 is 0 Å². The molecule has 0 saturated heterocycles. The molecule has 1 unspecified atom stereocenters. The van der Waals surface area contributed by atoms with E-state index in [4.69, 9.17) is 31.9 Å². The van der Waals surface area contributed by atoms with Crippen LogP contribution in [-0.4, -0.2) is 68.1 Å². The highest BCUT2D eigenvalue weighted by Gasteiger charge is 2.29. The van der Waals surface area contributed by atoms with Crippen LogP contribution in [0.1, 0.15) is 50.0 Å². The number of carbonyl (C=O) groups excluding carboxylic acids is 1. The number of urea groups is 1. The smallest absolute Gasteiger partial charge is 0.328 e. The number of guanidine groups is 1. The summed E-state index contributed by atoms with van der Waals surface area (Å²) in [6, 6.07) is -4.56. The third kappa shape index (κ3) is 8.27. The third-order valence-corrected chi connectivity index (χ3v) is 3.77. The van der Waals surface area contributed by atoms with Gasteiger partial charge >= 0.3 is 18.0 Å². The summed E-state index contributed by atoms with van der Waals surface area (Å²) < 4.78 is 5.01. The first-order valence-electron chi connectivity index (χ1n) is 8.85. The lowest BCUT2D eigenvalue weighted by molar-refractivity contribution is -0.142. The van der Waals surface area contributed by atoms with Crippen molar-refractivity contribution < 1.29 is 34.2 Å². The van der Waals surface area contributed by atoms with Gasteiger partial charge in [-0.2, -0.15) is 4.98 Å². The number of amides is 2. The fourth-order valence-electron chi connectivity index (χ4n) is 2.29. The van der Waals surface area contributed by atoms with E-state index in [0.29, 0.717) is 19.4 Å². The molecule has 0 aliphatic heterocycles. The molecule has 4 atom stereocenters. The van der Waals surface area contributed by atoms with Crippen LogP contribution in [0.25, 0.3) is 0 Å². The molecular weight excluding hydrogens is 404 g/mol. The lowest BCUT2D eigenvalue weighted by Gasteiger charge is -2.19. The third-order valence-electron chi connectivity index (χ3n) is 3.77. The molecule has 1 rings (SSSR count). The number of rotatable bonds is 12. The van der Waals surface area contributed by atoms with Crippen LogP contribution in [-0.2, 0) is 9.59 Å². The molecule has 0 radical (unpaired) electrons. The Morgan fingerprint density at radius 2 is 1.90 bits per heavy atom. The predicted molar refractivity (Wildman–Crippen MR) is 101 cm³/mol. The molecule has 1 aromatic rings. The van der Waals surface area contributed by atoms with Crippen LogP contribution in [0.5, 0.6) is 0 Å². The zero-order chi connectivity index (χ0) is 22.8. The quantitative estimate of drug-likeness (QED) is 0.0994. The van der Waals surface area contributed by atoms with Crippen molar-refractivity contribution in [3.63, 3.8) is 0 Å². The Morgan fingerprint density at radius 3 is 2.43 bits per heavy atom. The van der Waals surface area contributed by atoms with Crippen LogP contribution in [0.4, 0.5) is 4.79 Å². The molecule has 0 aliphatic carbocycles. The minimum Gasteiger partial charge on any atom is -0.481 e. The van der Waals surface area contributed by atoms with Gasteiger partial charge in [-0.05, 0) is 19.8 Å². The first-order valence-corrected chi connectivity index (χ1v) is 8.85. The van der Waals surface area contributed by atoms with Gasteiger partial charge in [0, 0.05) is 6.54 Å². The van der Waals surface area contributed by atoms with Crippen molar-refractivity contribution in [2.45, 2.75) is 50.4 Å². The molecule has 1 aromatic heterocycles. The molecule has 168 valence electrons. The molecular formula is C15H26N8O7. The molecule has 0 fully saturated rings. The summed E-state index contributed by atoms with van der Waals surface area (Å²) in [5, 5.41) is 35.4. The van der Waals surface area contributed by atoms with Gasteiger partial charge in [-0.15, -0.1) is 0 Å². The highest BCUT2D eigenvalue weighted by molar-refractivity contribution is 5.83. The lowest BCUT2D eigenvalue weighted by atomic mass is 10.1. The average Bonchev–Trinajstić information content (AvgIpc) is 3.11. The van der Waals surface area contributed by atoms with Crippen LogP contribution in [0, 0.1) is 0 Å². The summed E-state index contributed by atoms with van der Waals surface area (Å²) in [7, 11) is 0. The molecule has 11 N–H and O–H groups in total. The zero-order valence-corrected chi connectivity index (χ0v) is 16.2. The number of nitrogens with zero attached hydrogens (tertiary/aromatic N) is 3. The van der Waals surface area contributed by atoms with E-state index < -0.39 is 48.6 Å². The Bertz CT molecular complexity index is 762. The van der Waals surface area contributed by atoms with Gasteiger partial charge in [-0.1, -0.05) is 5.16 Å². The monoisotopic (exact) mass is 430 g/mol. The second-order valence-corrected chi connectivity index (χ2v) is 6.37. The van der Waals surface area contributed by atoms with E-state index in [1.807, 2.05) is 5.32 Å². The number of hydrogen-bond acceptors (Lipinski definition) is 9. The largest absolute Gasteiger partial charge is 0.481 e. The van der Waals surface area contributed by atoms with Crippen LogP contribution in [0.15, 0.2) is 9.52 Å². The summed E-state index contributed by atoms with van der Waals surface area (Å²) in [5.41, 5.74) is 16.4. The number of aliphatic hydroxyl groups is 1. The average molecular weight is 430 g/mol. The van der Waals surface area contributed by atoms with E-state index in [9.17, 15) is 19.5 Å². The van der Waals surface area contributed by atoms with Gasteiger partial charge in [0.15, 0.2) is 17.8 Å². The fraction of sp³-hybridized carbons (Fsp3) is 0.600. The van der Waals surface area contributed by atoms with Crippen molar-refractivity contribution in [2.24, 2.45) is 22.2 Å². The number of aromatic nitrogens is 2. The SMILES string of the molecule is CC(O)[C@H](NC(=O)N[C@@H](CC(=O)O)c1nc([C@@H](N)CCCN=C(N)N)no1)C(=O)O. The summed E-state index contributed by atoms with van der Waals surface area (Å²) in [5.74, 6) is -2.95. The topological polar surface area (TPSA) is 265 Å². The minimum absolute atomic E-state index is 0.0491. The Hall–Kier alpha value is -3.46. The van der Waals surface area contributed by atoms with Crippen molar-refractivity contribution in [1.82, 2.24) is 20.8 Å². The Labute approximate surface area is 170 Å². The maximum atomic E-state index is 12.1. The Balaban J connectivity index is 2.82. The lowest BCUT2D eigenvalue weighted by Crippen LogP contribution is -2.51.